The Hall–Kier alpha value is -4.45. The first-order chi connectivity index (χ1) is 21.6. The van der Waals surface area contributed by atoms with Gasteiger partial charge < -0.3 is 24.3 Å². The third kappa shape index (κ3) is 7.80. The number of aliphatic imine (C=N–C) groups is 1. The molecule has 0 radical (unpaired) electrons. The minimum atomic E-state index is -1.19. The van der Waals surface area contributed by atoms with Crippen LogP contribution in [0.5, 0.6) is 5.75 Å². The van der Waals surface area contributed by atoms with Crippen molar-refractivity contribution in [2.45, 2.75) is 64.4 Å². The van der Waals surface area contributed by atoms with Crippen LogP contribution in [-0.2, 0) is 17.9 Å². The normalized spacial score (nSPS) is 19.1. The summed E-state index contributed by atoms with van der Waals surface area (Å²) in [6.07, 6.45) is 3.73. The smallest absolute Gasteiger partial charge is 0.257 e. The number of aromatic nitrogens is 1. The van der Waals surface area contributed by atoms with E-state index >= 15 is 0 Å². The number of nitrogens with zero attached hydrogens (tertiary/aromatic N) is 3. The van der Waals surface area contributed by atoms with E-state index in [0.717, 1.165) is 12.0 Å². The van der Waals surface area contributed by atoms with Gasteiger partial charge in [-0.15, -0.1) is 0 Å². The zero-order valence-electron chi connectivity index (χ0n) is 25.7. The predicted molar refractivity (Wildman–Crippen MR) is 163 cm³/mol. The van der Waals surface area contributed by atoms with Crippen molar-refractivity contribution in [3.63, 3.8) is 0 Å². The molecule has 12 heteroatoms. The lowest BCUT2D eigenvalue weighted by atomic mass is 10.0. The molecule has 240 valence electrons. The van der Waals surface area contributed by atoms with Crippen molar-refractivity contribution in [2.24, 2.45) is 4.99 Å². The summed E-state index contributed by atoms with van der Waals surface area (Å²) in [7, 11) is 3.47. The van der Waals surface area contributed by atoms with Crippen LogP contribution in [0.15, 0.2) is 58.4 Å². The van der Waals surface area contributed by atoms with Gasteiger partial charge in [-0.25, -0.2) is 13.2 Å². The third-order valence-electron chi connectivity index (χ3n) is 8.10. The molecule has 1 aliphatic rings. The van der Waals surface area contributed by atoms with Gasteiger partial charge in [0.05, 0.1) is 19.2 Å². The topological polar surface area (TPSA) is 102 Å². The molecule has 2 heterocycles. The van der Waals surface area contributed by atoms with Gasteiger partial charge in [0, 0.05) is 49.4 Å². The number of aldehydes is 1. The van der Waals surface area contributed by atoms with E-state index in [1.54, 1.807) is 24.3 Å². The molecule has 0 saturated carbocycles. The Kier molecular flexibility index (Phi) is 11.2. The number of amides is 1. The fourth-order valence-electron chi connectivity index (χ4n) is 5.37. The lowest BCUT2D eigenvalue weighted by Gasteiger charge is -2.31. The summed E-state index contributed by atoms with van der Waals surface area (Å²) in [4.78, 5) is 46.9. The molecule has 1 saturated heterocycles. The molecule has 3 unspecified atom stereocenters. The molecule has 1 N–H and O–H groups in total. The lowest BCUT2D eigenvalue weighted by Crippen LogP contribution is -2.38. The van der Waals surface area contributed by atoms with E-state index in [1.165, 1.54) is 17.9 Å². The van der Waals surface area contributed by atoms with Gasteiger partial charge in [0.25, 0.3) is 5.91 Å². The van der Waals surface area contributed by atoms with Crippen LogP contribution in [0, 0.1) is 17.5 Å². The van der Waals surface area contributed by atoms with Crippen LogP contribution in [0.2, 0.25) is 0 Å². The predicted octanol–water partition coefficient (Wildman–Crippen LogP) is 5.07. The van der Waals surface area contributed by atoms with Gasteiger partial charge in [0.1, 0.15) is 35.3 Å². The van der Waals surface area contributed by atoms with Crippen LogP contribution in [-0.4, -0.2) is 60.3 Å². The summed E-state index contributed by atoms with van der Waals surface area (Å²) in [5.74, 6) is -4.26. The summed E-state index contributed by atoms with van der Waals surface area (Å²) in [6.45, 7) is 3.67. The summed E-state index contributed by atoms with van der Waals surface area (Å²) < 4.78 is 55.0. The summed E-state index contributed by atoms with van der Waals surface area (Å²) in [6, 6.07) is 9.22. The number of hydrogen-bond acceptors (Lipinski definition) is 7. The third-order valence-corrected chi connectivity index (χ3v) is 8.10. The number of carbonyl (C=O) groups is 2. The highest BCUT2D eigenvalue weighted by Gasteiger charge is 2.34. The first-order valence-electron chi connectivity index (χ1n) is 14.7. The van der Waals surface area contributed by atoms with E-state index in [-0.39, 0.29) is 24.1 Å². The van der Waals surface area contributed by atoms with Gasteiger partial charge in [-0.3, -0.25) is 19.4 Å². The Labute approximate surface area is 259 Å². The minimum Gasteiger partial charge on any atom is -0.484 e. The molecule has 9 nitrogen and oxygen atoms in total. The maximum atomic E-state index is 14.3. The van der Waals surface area contributed by atoms with E-state index in [9.17, 15) is 27.6 Å². The quantitative estimate of drug-likeness (QED) is 0.192. The molecule has 2 aromatic carbocycles. The highest BCUT2D eigenvalue weighted by molar-refractivity contribution is 5.95. The Bertz CT molecular complexity index is 1580. The Balaban J connectivity index is 1.84. The largest absolute Gasteiger partial charge is 0.484 e. The molecule has 1 aromatic heterocycles. The molecule has 0 aliphatic carbocycles. The number of hydrogen-bond donors (Lipinski definition) is 1. The maximum Gasteiger partial charge on any atom is 0.257 e. The van der Waals surface area contributed by atoms with Crippen molar-refractivity contribution in [2.75, 3.05) is 20.7 Å². The van der Waals surface area contributed by atoms with Crippen LogP contribution in [0.25, 0.3) is 0 Å². The van der Waals surface area contributed by atoms with Crippen molar-refractivity contribution in [1.82, 2.24) is 14.8 Å². The Morgan fingerprint density at radius 2 is 1.82 bits per heavy atom. The second-order valence-electron chi connectivity index (χ2n) is 11.0. The lowest BCUT2D eigenvalue weighted by molar-refractivity contribution is 0.0945. The molecule has 0 spiro atoms. The van der Waals surface area contributed by atoms with Gasteiger partial charge in [-0.2, -0.15) is 0 Å². The van der Waals surface area contributed by atoms with Crippen molar-refractivity contribution < 1.29 is 32.2 Å². The number of likely N-dealkylation sites (N-methyl/N-ethyl adjacent to an activating group) is 1. The molecule has 1 fully saturated rings. The van der Waals surface area contributed by atoms with Crippen LogP contribution < -0.4 is 15.5 Å². The fraction of sp³-hybridized carbons (Fsp3) is 0.394. The van der Waals surface area contributed by atoms with Crippen molar-refractivity contribution in [1.29, 1.82) is 0 Å². The van der Waals surface area contributed by atoms with Gasteiger partial charge in [0.2, 0.25) is 5.43 Å². The van der Waals surface area contributed by atoms with Gasteiger partial charge >= 0.3 is 0 Å². The number of rotatable bonds is 10. The monoisotopic (exact) mass is 626 g/mol. The number of nitrogens with one attached hydrogen (secondary N) is 1. The van der Waals surface area contributed by atoms with E-state index in [2.05, 4.69) is 17.1 Å². The van der Waals surface area contributed by atoms with Crippen molar-refractivity contribution in [3.8, 4) is 5.75 Å². The van der Waals surface area contributed by atoms with Crippen LogP contribution in [0.1, 0.15) is 71.1 Å². The number of benzene rings is 2. The van der Waals surface area contributed by atoms with Gasteiger partial charge in [-0.1, -0.05) is 37.3 Å². The van der Waals surface area contributed by atoms with Crippen molar-refractivity contribution in [3.05, 3.63) is 98.7 Å². The molecule has 3 aromatic rings. The highest BCUT2D eigenvalue weighted by Crippen LogP contribution is 2.30. The zero-order chi connectivity index (χ0) is 32.7. The summed E-state index contributed by atoms with van der Waals surface area (Å²) in [5, 5.41) is 2.36. The Morgan fingerprint density at radius 3 is 2.44 bits per heavy atom. The molecular formula is C33H37F3N4O5. The summed E-state index contributed by atoms with van der Waals surface area (Å²) >= 11 is 0. The first kappa shape index (κ1) is 33.4. The molecule has 4 rings (SSSR count). The van der Waals surface area contributed by atoms with Gasteiger partial charge in [-0.05, 0) is 32.4 Å². The average Bonchev–Trinajstić information content (AvgIpc) is 3.16. The van der Waals surface area contributed by atoms with Gasteiger partial charge in [0.15, 0.2) is 17.9 Å². The number of likely N-dealkylation sites (tertiary alicyclic amines) is 1. The molecule has 0 bridgehead atoms. The van der Waals surface area contributed by atoms with E-state index in [0.29, 0.717) is 43.7 Å². The molecular weight excluding hydrogens is 589 g/mol. The second-order valence-corrected chi connectivity index (χ2v) is 11.0. The van der Waals surface area contributed by atoms with Crippen LogP contribution in [0.4, 0.5) is 13.2 Å². The van der Waals surface area contributed by atoms with E-state index < -0.39 is 58.5 Å². The summed E-state index contributed by atoms with van der Waals surface area (Å²) in [5.41, 5.74) is -1.21. The minimum absolute atomic E-state index is 0.0686. The molecule has 45 heavy (non-hydrogen) atoms. The van der Waals surface area contributed by atoms with Crippen LogP contribution in [0.3, 0.4) is 0 Å². The molecule has 1 aliphatic heterocycles. The number of pyridine rings is 1. The Morgan fingerprint density at radius 1 is 1.13 bits per heavy atom. The van der Waals surface area contributed by atoms with E-state index in [4.69, 9.17) is 14.5 Å². The standard InChI is InChI=1S/C33H37F3N4O5/c1-5-30(44-4)38-27-12-11-20(2)39(3)17-28(27)40-16-24(33(43)37-15-23-25(35)13-22(34)14-26(23)36)31(42)32(29(40)18-41)45-19-21-9-7-6-8-10-21/h6-10,13-14,16,18,20,27-28H,5,11-12,15,17,19H2,1-4H3,(H,37,43). The highest BCUT2D eigenvalue weighted by atomic mass is 19.1. The zero-order valence-corrected chi connectivity index (χ0v) is 25.7. The number of halogens is 3. The number of methoxy groups -OCH3 is 1. The second kappa shape index (κ2) is 15.0. The first-order valence-corrected chi connectivity index (χ1v) is 14.7. The SMILES string of the molecule is CCC(=NC1CCC(C)N(C)CC1n1cc(C(=O)NCc2c(F)cc(F)cc2F)c(=O)c(OCc2ccccc2)c1C=O)OC. The molecule has 1 amide bonds. The maximum absolute atomic E-state index is 14.3. The number of ether oxygens (including phenoxy) is 2. The average molecular weight is 627 g/mol. The van der Waals surface area contributed by atoms with E-state index in [1.807, 2.05) is 20.0 Å². The van der Waals surface area contributed by atoms with Crippen molar-refractivity contribution >= 4 is 18.1 Å². The fourth-order valence-corrected chi connectivity index (χ4v) is 5.37. The number of carbonyl (C=O) groups excluding carboxylic acids is 2. The molecule has 3 atom stereocenters. The van der Waals surface area contributed by atoms with Crippen LogP contribution >= 0.6 is 0 Å².